The van der Waals surface area contributed by atoms with Gasteiger partial charge in [-0.1, -0.05) is 54.6 Å². The smallest absolute Gasteiger partial charge is 0.412 e. The van der Waals surface area contributed by atoms with E-state index in [1.54, 1.807) is 60.3 Å². The third-order valence-corrected chi connectivity index (χ3v) is 20.0. The Morgan fingerprint density at radius 2 is 1.09 bits per heavy atom. The van der Waals surface area contributed by atoms with Gasteiger partial charge in [-0.2, -0.15) is 0 Å². The van der Waals surface area contributed by atoms with Crippen LogP contribution in [-0.2, 0) is 53.6 Å². The zero-order valence-corrected chi connectivity index (χ0v) is 45.6. The van der Waals surface area contributed by atoms with Crippen molar-refractivity contribution < 1.29 is 65.0 Å². The molecule has 2 aliphatic heterocycles. The van der Waals surface area contributed by atoms with Gasteiger partial charge in [-0.25, -0.2) is 21.6 Å². The molecule has 21 nitrogen and oxygen atoms in total. The summed E-state index contributed by atoms with van der Waals surface area (Å²) in [5.74, 6) is -5.67. The number of sulfonamides is 2. The number of carbonyl (C=O) groups is 7. The summed E-state index contributed by atoms with van der Waals surface area (Å²) in [6, 6.07) is 16.0. The number of para-hydroxylation sites is 3. The van der Waals surface area contributed by atoms with E-state index in [1.807, 2.05) is 42.5 Å². The Morgan fingerprint density at radius 1 is 0.628 bits per heavy atom. The molecule has 0 aromatic heterocycles. The fraction of sp³-hybridized carbons (Fsp3) is 0.582. The van der Waals surface area contributed by atoms with Crippen LogP contribution in [0.2, 0.25) is 0 Å². The van der Waals surface area contributed by atoms with Crippen molar-refractivity contribution in [3.8, 4) is 11.5 Å². The van der Waals surface area contributed by atoms with Gasteiger partial charge in [0.05, 0.1) is 46.0 Å². The molecule has 8 aliphatic rings. The molecule has 7 amide bonds. The zero-order chi connectivity index (χ0) is 55.6. The Bertz CT molecular complexity index is 2930. The van der Waals surface area contributed by atoms with Crippen molar-refractivity contribution in [1.29, 1.82) is 0 Å². The third kappa shape index (κ3) is 13.0. The number of hydrogen-bond acceptors (Lipinski definition) is 14. The van der Waals surface area contributed by atoms with Crippen LogP contribution in [0.3, 0.4) is 0 Å². The van der Waals surface area contributed by atoms with E-state index < -0.39 is 107 Å². The maximum atomic E-state index is 13.9. The van der Waals surface area contributed by atoms with E-state index in [0.717, 1.165) is 38.5 Å². The molecule has 2 aromatic carbocycles. The van der Waals surface area contributed by atoms with E-state index in [9.17, 15) is 55.5 Å². The van der Waals surface area contributed by atoms with Gasteiger partial charge in [0.1, 0.15) is 22.9 Å². The number of nitrogens with one attached hydrogen (secondary N) is 5. The fourth-order valence-electron chi connectivity index (χ4n) is 11.3. The molecule has 10 rings (SSSR count). The topological polar surface area (TPSA) is 293 Å². The maximum Gasteiger partial charge on any atom is 0.412 e. The average Bonchev–Trinajstić information content (AvgIpc) is 4.30. The van der Waals surface area contributed by atoms with E-state index in [1.165, 1.54) is 0 Å². The van der Waals surface area contributed by atoms with Crippen LogP contribution in [0.15, 0.2) is 78.9 Å². The predicted molar refractivity (Wildman–Crippen MR) is 285 cm³/mol. The minimum absolute atomic E-state index is 0.0598. The number of fused-ring (bicyclic) bond motifs is 4. The van der Waals surface area contributed by atoms with E-state index in [2.05, 4.69) is 25.4 Å². The molecule has 0 radical (unpaired) electrons. The van der Waals surface area contributed by atoms with Gasteiger partial charge in [0.2, 0.25) is 43.7 Å². The number of hydrogen-bond donors (Lipinski definition) is 6. The van der Waals surface area contributed by atoms with Crippen LogP contribution in [-0.4, -0.2) is 134 Å². The number of amides is 7. The van der Waals surface area contributed by atoms with Gasteiger partial charge in [0.15, 0.2) is 5.75 Å². The molecular weight excluding hydrogens is 1050 g/mol. The second-order valence-corrected chi connectivity index (χ2v) is 26.3. The number of aliphatic hydroxyl groups is 1. The number of rotatable bonds is 10. The lowest BCUT2D eigenvalue weighted by molar-refractivity contribution is -0.141. The fourth-order valence-corrected chi connectivity index (χ4v) is 14.0. The van der Waals surface area contributed by atoms with E-state index in [0.29, 0.717) is 62.4 Å². The van der Waals surface area contributed by atoms with Crippen molar-refractivity contribution in [3.63, 3.8) is 0 Å². The quantitative estimate of drug-likeness (QED) is 0.182. The summed E-state index contributed by atoms with van der Waals surface area (Å²) in [6.45, 7) is 1.10. The van der Waals surface area contributed by atoms with Crippen LogP contribution in [0.4, 0.5) is 10.5 Å². The minimum Gasteiger partial charge on any atom is -0.455 e. The maximum absolute atomic E-state index is 13.9. The molecule has 0 unspecified atom stereocenters. The summed E-state index contributed by atoms with van der Waals surface area (Å²) >= 11 is 0. The van der Waals surface area contributed by atoms with E-state index in [4.69, 9.17) is 9.47 Å². The average molecular weight is 1120 g/mol. The highest BCUT2D eigenvalue weighted by atomic mass is 32.2. The van der Waals surface area contributed by atoms with Crippen LogP contribution < -0.4 is 30.1 Å². The first kappa shape index (κ1) is 56.4. The van der Waals surface area contributed by atoms with Crippen LogP contribution in [0.1, 0.15) is 103 Å². The van der Waals surface area contributed by atoms with Crippen molar-refractivity contribution in [2.45, 2.75) is 137 Å². The SMILES string of the molecule is CN1CCCC/C=C\[C@@H]2C[C@@]2(C(=O)NS(=O)(=O)C2CC2)NC(=O)[C@@H]2C[C@@H](O)C[C@H]2C1=O.CN1CCCC/C=C\[C@@H]2C[C@@]2(C(=O)NS(=O)(=O)C2CC2)NC(=O)[C@@H]2C[C@@H](OC(=O)Nc3ccccc3Oc3ccccc3)C[C@H]2C1=O. The van der Waals surface area contributed by atoms with Gasteiger partial charge in [-0.05, 0) is 127 Å². The van der Waals surface area contributed by atoms with Crippen LogP contribution in [0.25, 0.3) is 0 Å². The molecule has 6 N–H and O–H groups in total. The zero-order valence-electron chi connectivity index (χ0n) is 44.0. The molecular formula is C55H71N7O14S2. The van der Waals surface area contributed by atoms with Gasteiger partial charge in [-0.3, -0.25) is 43.5 Å². The molecule has 78 heavy (non-hydrogen) atoms. The number of anilines is 1. The lowest BCUT2D eigenvalue weighted by Crippen LogP contribution is -2.54. The standard InChI is InChI=1S/C34H40N4O8S.C21H31N3O6S/c1-38-18-10-3-2-5-11-22-21-34(22,32(41)37-47(43,44)25-16-17-25)36-30(39)26-19-24(20-27(26)31(38)40)46-33(42)35-28-14-8-9-15-29(28)45-23-12-6-4-7-13-23;1-24-9-5-3-2-4-6-13-12-21(13,20(28)23-31(29,30)15-7-8-15)22-18(26)16-10-14(25)11-17(16)19(24)27/h4-9,11-15,22,24-27H,2-3,10,16-21H2,1H3,(H,35,42)(H,36,39)(H,37,41);4,6,13-17,25H,2-3,5,7-12H2,1H3,(H,22,26)(H,23,28)/b11-5-;6-4-/t22-,24-,26-,27-,34-;13-,14-,16-,17-,21-/m11/s1. The largest absolute Gasteiger partial charge is 0.455 e. The highest BCUT2D eigenvalue weighted by molar-refractivity contribution is 7.91. The van der Waals surface area contributed by atoms with Gasteiger partial charge in [-0.15, -0.1) is 0 Å². The molecule has 6 saturated carbocycles. The molecule has 6 aliphatic carbocycles. The lowest BCUT2D eigenvalue weighted by atomic mass is 9.93. The Kier molecular flexibility index (Phi) is 16.8. The first-order chi connectivity index (χ1) is 37.2. The molecule has 23 heteroatoms. The molecule has 2 heterocycles. The molecule has 0 bridgehead atoms. The summed E-state index contributed by atoms with van der Waals surface area (Å²) in [4.78, 5) is 96.4. The van der Waals surface area contributed by atoms with Crippen LogP contribution in [0, 0.1) is 35.5 Å². The third-order valence-electron chi connectivity index (χ3n) is 16.4. The predicted octanol–water partition coefficient (Wildman–Crippen LogP) is 4.16. The van der Waals surface area contributed by atoms with Gasteiger partial charge in [0, 0.05) is 39.0 Å². The highest BCUT2D eigenvalue weighted by Gasteiger charge is 2.63. The number of ether oxygens (including phenoxy) is 2. The van der Waals surface area contributed by atoms with Gasteiger partial charge >= 0.3 is 6.09 Å². The Balaban J connectivity index is 0.000000206. The number of nitrogens with zero attached hydrogens (tertiary/aromatic N) is 2. The minimum atomic E-state index is -3.84. The normalized spacial score (nSPS) is 32.2. The highest BCUT2D eigenvalue weighted by Crippen LogP contribution is 2.48. The number of benzene rings is 2. The Labute approximate surface area is 455 Å². The van der Waals surface area contributed by atoms with Crippen LogP contribution in [0.5, 0.6) is 11.5 Å². The second-order valence-electron chi connectivity index (χ2n) is 22.3. The second kappa shape index (κ2) is 23.2. The van der Waals surface area contributed by atoms with Crippen molar-refractivity contribution in [1.82, 2.24) is 29.9 Å². The number of carbonyl (C=O) groups excluding carboxylic acids is 7. The Morgan fingerprint density at radius 3 is 1.62 bits per heavy atom. The van der Waals surface area contributed by atoms with Crippen LogP contribution >= 0.6 is 0 Å². The first-order valence-electron chi connectivity index (χ1n) is 27.3. The summed E-state index contributed by atoms with van der Waals surface area (Å²) in [6.07, 6.45) is 13.3. The van der Waals surface area contributed by atoms with E-state index in [-0.39, 0.29) is 55.8 Å². The van der Waals surface area contributed by atoms with E-state index >= 15 is 0 Å². The first-order valence-corrected chi connectivity index (χ1v) is 30.4. The van der Waals surface area contributed by atoms with Crippen molar-refractivity contribution in [3.05, 3.63) is 78.9 Å². The molecule has 0 spiro atoms. The van der Waals surface area contributed by atoms with Gasteiger partial charge in [0.25, 0.3) is 11.8 Å². The summed E-state index contributed by atoms with van der Waals surface area (Å²) < 4.78 is 65.9. The molecule has 422 valence electrons. The molecule has 10 atom stereocenters. The monoisotopic (exact) mass is 1120 g/mol. The summed E-state index contributed by atoms with van der Waals surface area (Å²) in [5.41, 5.74) is -2.38. The molecule has 6 fully saturated rings. The number of aliphatic hydroxyl groups excluding tert-OH is 1. The van der Waals surface area contributed by atoms with Crippen molar-refractivity contribution in [2.75, 3.05) is 32.5 Å². The van der Waals surface area contributed by atoms with Crippen molar-refractivity contribution >= 4 is 67.3 Å². The van der Waals surface area contributed by atoms with Crippen molar-refractivity contribution in [2.24, 2.45) is 35.5 Å². The summed E-state index contributed by atoms with van der Waals surface area (Å²) in [7, 11) is -4.18. The number of allylic oxidation sites excluding steroid dienone is 2. The van der Waals surface area contributed by atoms with Gasteiger partial charge < -0.3 is 35.0 Å². The summed E-state index contributed by atoms with van der Waals surface area (Å²) in [5, 5.41) is 17.4. The molecule has 2 aromatic rings. The Hall–Kier alpha value is -6.33. The molecule has 0 saturated heterocycles. The lowest BCUT2D eigenvalue weighted by Gasteiger charge is -2.26.